The summed E-state index contributed by atoms with van der Waals surface area (Å²) in [6.07, 6.45) is 10.2. The Morgan fingerprint density at radius 3 is 2.20 bits per heavy atom. The Hall–Kier alpha value is -4.75. The molecule has 2 aliphatic heterocycles. The van der Waals surface area contributed by atoms with Gasteiger partial charge in [0.25, 0.3) is 0 Å². The monoisotopic (exact) mass is 853 g/mol. The van der Waals surface area contributed by atoms with Crippen LogP contribution in [0.1, 0.15) is 71.8 Å². The summed E-state index contributed by atoms with van der Waals surface area (Å²) in [4.78, 5) is 18.3. The fourth-order valence-electron chi connectivity index (χ4n) is 8.58. The number of piperidine rings is 2. The number of hydrogen-bond donors (Lipinski definition) is 0. The van der Waals surface area contributed by atoms with Crippen LogP contribution in [0.15, 0.2) is 79.0 Å². The molecule has 13 heteroatoms. The van der Waals surface area contributed by atoms with Gasteiger partial charge in [-0.25, -0.2) is 4.39 Å². The maximum atomic E-state index is 13.6. The molecule has 5 aromatic rings. The minimum atomic E-state index is -0.217. The molecule has 8 rings (SSSR count). The van der Waals surface area contributed by atoms with Gasteiger partial charge < -0.3 is 33.5 Å². The Bertz CT molecular complexity index is 2180. The van der Waals surface area contributed by atoms with Crippen molar-refractivity contribution in [2.75, 3.05) is 84.4 Å². The highest BCUT2D eigenvalue weighted by Gasteiger charge is 2.29. The number of halogens is 2. The van der Waals surface area contributed by atoms with Crippen LogP contribution < -0.4 is 19.1 Å². The minimum absolute atomic E-state index is 0.0689. The van der Waals surface area contributed by atoms with Gasteiger partial charge in [-0.1, -0.05) is 41.9 Å². The van der Waals surface area contributed by atoms with Gasteiger partial charge in [0.1, 0.15) is 35.6 Å². The van der Waals surface area contributed by atoms with E-state index in [1.54, 1.807) is 7.11 Å². The Morgan fingerprint density at radius 1 is 0.787 bits per heavy atom. The molecule has 2 saturated heterocycles. The molecule has 61 heavy (non-hydrogen) atoms. The molecule has 0 unspecified atom stereocenters. The summed E-state index contributed by atoms with van der Waals surface area (Å²) >= 11 is 6.87. The minimum Gasteiger partial charge on any atom is -0.492 e. The fourth-order valence-corrected chi connectivity index (χ4v) is 8.89. The zero-order chi connectivity index (χ0) is 42.0. The largest absolute Gasteiger partial charge is 0.492 e. The number of para-hydroxylation sites is 1. The number of rotatable bonds is 21. The molecule has 3 aliphatic rings. The highest BCUT2D eigenvalue weighted by Crippen LogP contribution is 2.38. The average Bonchev–Trinajstić information content (AvgIpc) is 4.03. The van der Waals surface area contributed by atoms with Crippen molar-refractivity contribution in [1.82, 2.24) is 19.5 Å². The maximum absolute atomic E-state index is 13.6. The fraction of sp³-hybridized carbons (Fsp3) is 0.479. The zero-order valence-corrected chi connectivity index (χ0v) is 35.9. The topological polar surface area (TPSA) is 99.9 Å². The van der Waals surface area contributed by atoms with Gasteiger partial charge in [-0.05, 0) is 123 Å². The SMILES string of the molecule is COc1c(OCCOCCOCCOc2ccc(C3CCN(c4ccn5c(CC6CC6)nnc5c4Cl)CC3)cc2)cccc1C(=O)C1CCN(CCc2ccc(F)cc2)CC1. The molecule has 1 saturated carbocycles. The maximum Gasteiger partial charge on any atom is 0.181 e. The standard InChI is InChI=1S/C48H57ClFN5O6/c1-57-47-41(46(56)38-16-22-53(23-17-38)21-15-34-7-11-39(50)12-8-34)3-2-4-43(47)61-32-30-59-28-27-58-29-31-60-40-13-9-36(10-14-40)37-18-24-54(25-19-37)42-20-26-55-44(33-35-5-6-35)51-52-48(55)45(42)49/h2-4,7-14,20,26,35,37-38H,5-6,15-19,21-25,27-33H2,1H3. The first-order chi connectivity index (χ1) is 29.9. The third-order valence-electron chi connectivity index (χ3n) is 12.3. The van der Waals surface area contributed by atoms with Crippen molar-refractivity contribution in [2.24, 2.45) is 11.8 Å². The van der Waals surface area contributed by atoms with Gasteiger partial charge in [0.2, 0.25) is 0 Å². The van der Waals surface area contributed by atoms with Crippen LogP contribution in [-0.4, -0.2) is 105 Å². The van der Waals surface area contributed by atoms with Crippen molar-refractivity contribution < 1.29 is 32.9 Å². The first-order valence-corrected chi connectivity index (χ1v) is 22.3. The Labute approximate surface area is 363 Å². The van der Waals surface area contributed by atoms with Crippen LogP contribution in [0.3, 0.4) is 0 Å². The van der Waals surface area contributed by atoms with Gasteiger partial charge in [0.05, 0.1) is 44.8 Å². The molecular formula is C48H57ClFN5O6. The van der Waals surface area contributed by atoms with Crippen molar-refractivity contribution in [3.05, 3.63) is 112 Å². The molecule has 3 fully saturated rings. The Morgan fingerprint density at radius 2 is 1.49 bits per heavy atom. The first kappa shape index (κ1) is 42.9. The van der Waals surface area contributed by atoms with Crippen molar-refractivity contribution in [3.63, 3.8) is 0 Å². The van der Waals surface area contributed by atoms with E-state index in [-0.39, 0.29) is 17.5 Å². The molecule has 324 valence electrons. The summed E-state index contributed by atoms with van der Waals surface area (Å²) in [5.74, 6) is 3.86. The number of hydrogen-bond acceptors (Lipinski definition) is 10. The molecule has 0 radical (unpaired) electrons. The lowest BCUT2D eigenvalue weighted by Gasteiger charge is -2.34. The number of ketones is 1. The zero-order valence-electron chi connectivity index (χ0n) is 35.1. The van der Waals surface area contributed by atoms with Gasteiger partial charge in [-0.3, -0.25) is 9.20 Å². The van der Waals surface area contributed by atoms with Crippen molar-refractivity contribution in [1.29, 1.82) is 0 Å². The summed E-state index contributed by atoms with van der Waals surface area (Å²) in [5.41, 5.74) is 4.79. The van der Waals surface area contributed by atoms with E-state index in [4.69, 9.17) is 35.3 Å². The number of aromatic nitrogens is 3. The van der Waals surface area contributed by atoms with E-state index in [1.807, 2.05) is 42.5 Å². The smallest absolute Gasteiger partial charge is 0.181 e. The predicted octanol–water partition coefficient (Wildman–Crippen LogP) is 8.50. The quantitative estimate of drug-likeness (QED) is 0.0528. The van der Waals surface area contributed by atoms with Gasteiger partial charge in [0.15, 0.2) is 22.9 Å². The van der Waals surface area contributed by atoms with Crippen molar-refractivity contribution >= 4 is 28.7 Å². The van der Waals surface area contributed by atoms with Crippen molar-refractivity contribution in [2.45, 2.75) is 57.3 Å². The number of methoxy groups -OCH3 is 1. The van der Waals surface area contributed by atoms with E-state index in [0.29, 0.717) is 67.6 Å². The third-order valence-corrected chi connectivity index (χ3v) is 12.7. The highest BCUT2D eigenvalue weighted by molar-refractivity contribution is 6.36. The van der Waals surface area contributed by atoms with Crippen molar-refractivity contribution in [3.8, 4) is 17.2 Å². The second-order valence-electron chi connectivity index (χ2n) is 16.4. The van der Waals surface area contributed by atoms with Crippen LogP contribution in [0, 0.1) is 17.7 Å². The summed E-state index contributed by atoms with van der Waals surface area (Å²) < 4.78 is 44.4. The molecule has 1 aliphatic carbocycles. The number of benzene rings is 3. The van der Waals surface area contributed by atoms with Crippen LogP contribution in [0.25, 0.3) is 5.65 Å². The lowest BCUT2D eigenvalue weighted by molar-refractivity contribution is 0.0271. The second kappa shape index (κ2) is 20.9. The molecule has 0 atom stereocenters. The number of likely N-dealkylation sites (tertiary alicyclic amines) is 1. The van der Waals surface area contributed by atoms with E-state index in [2.05, 4.69) is 48.8 Å². The summed E-state index contributed by atoms with van der Waals surface area (Å²) in [6.45, 7) is 6.92. The molecule has 11 nitrogen and oxygen atoms in total. The average molecular weight is 854 g/mol. The van der Waals surface area contributed by atoms with Gasteiger partial charge >= 0.3 is 0 Å². The lowest BCUT2D eigenvalue weighted by atomic mass is 9.88. The molecule has 4 heterocycles. The van der Waals surface area contributed by atoms with E-state index in [1.165, 1.54) is 30.5 Å². The molecule has 2 aromatic heterocycles. The normalized spacial score (nSPS) is 16.6. The number of carbonyl (C=O) groups excluding carboxylic acids is 1. The van der Waals surface area contributed by atoms with E-state index in [0.717, 1.165) is 106 Å². The number of Topliss-reactive ketones (excluding diaryl/α,β-unsaturated/α-hetero) is 1. The van der Waals surface area contributed by atoms with Crippen LogP contribution >= 0.6 is 11.6 Å². The molecule has 0 amide bonds. The molecule has 0 bridgehead atoms. The molecule has 3 aromatic carbocycles. The summed E-state index contributed by atoms with van der Waals surface area (Å²) in [5, 5.41) is 9.54. The second-order valence-corrected chi connectivity index (χ2v) is 16.8. The number of anilines is 1. The van der Waals surface area contributed by atoms with E-state index in [9.17, 15) is 9.18 Å². The van der Waals surface area contributed by atoms with Gasteiger partial charge in [0, 0.05) is 38.2 Å². The van der Waals surface area contributed by atoms with Gasteiger partial charge in [-0.2, -0.15) is 0 Å². The molecule has 0 spiro atoms. The van der Waals surface area contributed by atoms with E-state index >= 15 is 0 Å². The molecule has 0 N–H and O–H groups in total. The third kappa shape index (κ3) is 11.2. The van der Waals surface area contributed by atoms with Crippen LogP contribution in [0.4, 0.5) is 10.1 Å². The predicted molar refractivity (Wildman–Crippen MR) is 234 cm³/mol. The first-order valence-electron chi connectivity index (χ1n) is 21.9. The Balaban J connectivity index is 0.679. The number of carbonyl (C=O) groups is 1. The summed E-state index contributed by atoms with van der Waals surface area (Å²) in [6, 6.07) is 22.7. The van der Waals surface area contributed by atoms with Crippen LogP contribution in [-0.2, 0) is 22.3 Å². The number of pyridine rings is 1. The number of nitrogens with zero attached hydrogens (tertiary/aromatic N) is 5. The molecular weight excluding hydrogens is 797 g/mol. The Kier molecular flexibility index (Phi) is 14.7. The van der Waals surface area contributed by atoms with Crippen LogP contribution in [0.2, 0.25) is 5.02 Å². The number of ether oxygens (including phenoxy) is 5. The van der Waals surface area contributed by atoms with E-state index < -0.39 is 0 Å². The highest BCUT2D eigenvalue weighted by atomic mass is 35.5. The lowest BCUT2D eigenvalue weighted by Crippen LogP contribution is -2.37. The number of fused-ring (bicyclic) bond motifs is 1. The summed E-state index contributed by atoms with van der Waals surface area (Å²) in [7, 11) is 1.57. The van der Waals surface area contributed by atoms with Crippen LogP contribution in [0.5, 0.6) is 17.2 Å². The van der Waals surface area contributed by atoms with Gasteiger partial charge in [-0.15, -0.1) is 10.2 Å².